The third kappa shape index (κ3) is 4.31. The average Bonchev–Trinajstić information content (AvgIpc) is 2.47. The summed E-state index contributed by atoms with van der Waals surface area (Å²) in [6, 6.07) is 13.6. The number of nitrogen functional groups attached to an aromatic ring is 1. The quantitative estimate of drug-likeness (QED) is 0.859. The van der Waals surface area contributed by atoms with Crippen LogP contribution in [0.3, 0.4) is 0 Å². The Kier molecular flexibility index (Phi) is 4.93. The highest BCUT2D eigenvalue weighted by molar-refractivity contribution is 5.78. The van der Waals surface area contributed by atoms with Crippen LogP contribution in [0.4, 0.5) is 10.1 Å². The third-order valence-electron chi connectivity index (χ3n) is 3.33. The number of rotatable bonds is 5. The molecule has 4 heteroatoms. The zero-order valence-corrected chi connectivity index (χ0v) is 12.1. The fraction of sp³-hybridized carbons (Fsp3) is 0.235. The van der Waals surface area contributed by atoms with Gasteiger partial charge in [0, 0.05) is 18.8 Å². The molecule has 3 nitrogen and oxygen atoms in total. The molecule has 0 saturated carbocycles. The van der Waals surface area contributed by atoms with Gasteiger partial charge in [0.05, 0.1) is 6.42 Å². The summed E-state index contributed by atoms with van der Waals surface area (Å²) in [5.74, 6) is -0.263. The lowest BCUT2D eigenvalue weighted by atomic mass is 10.1. The Bertz CT molecular complexity index is 610. The highest BCUT2D eigenvalue weighted by Gasteiger charge is 2.13. The van der Waals surface area contributed by atoms with Crippen molar-refractivity contribution in [1.29, 1.82) is 0 Å². The minimum Gasteiger partial charge on any atom is -0.399 e. The molecule has 2 rings (SSSR count). The van der Waals surface area contributed by atoms with Crippen molar-refractivity contribution in [1.82, 2.24) is 4.90 Å². The predicted octanol–water partition coefficient (Wildman–Crippen LogP) is 3.00. The van der Waals surface area contributed by atoms with Crippen LogP contribution >= 0.6 is 0 Å². The second-order valence-corrected chi connectivity index (χ2v) is 4.96. The summed E-state index contributed by atoms with van der Waals surface area (Å²) in [5, 5.41) is 0. The van der Waals surface area contributed by atoms with Crippen molar-refractivity contribution in [3.05, 3.63) is 65.5 Å². The van der Waals surface area contributed by atoms with Gasteiger partial charge in [0.2, 0.25) is 5.91 Å². The van der Waals surface area contributed by atoms with Crippen LogP contribution in [-0.4, -0.2) is 17.4 Å². The van der Waals surface area contributed by atoms with Crippen molar-refractivity contribution < 1.29 is 9.18 Å². The second-order valence-electron chi connectivity index (χ2n) is 4.96. The van der Waals surface area contributed by atoms with Crippen LogP contribution in [0.25, 0.3) is 0 Å². The molecule has 0 aliphatic heterocycles. The molecule has 0 saturated heterocycles. The lowest BCUT2D eigenvalue weighted by molar-refractivity contribution is -0.130. The molecule has 110 valence electrons. The zero-order valence-electron chi connectivity index (χ0n) is 12.1. The van der Waals surface area contributed by atoms with Crippen molar-refractivity contribution in [3.63, 3.8) is 0 Å². The van der Waals surface area contributed by atoms with Gasteiger partial charge in [-0.2, -0.15) is 0 Å². The average molecular weight is 286 g/mol. The number of hydrogen-bond acceptors (Lipinski definition) is 2. The van der Waals surface area contributed by atoms with Crippen LogP contribution < -0.4 is 5.73 Å². The van der Waals surface area contributed by atoms with Gasteiger partial charge in [0.1, 0.15) is 5.82 Å². The van der Waals surface area contributed by atoms with Gasteiger partial charge < -0.3 is 10.6 Å². The summed E-state index contributed by atoms with van der Waals surface area (Å²) in [4.78, 5) is 14.0. The van der Waals surface area contributed by atoms with Gasteiger partial charge in [0.15, 0.2) is 0 Å². The molecule has 0 spiro atoms. The molecule has 0 atom stereocenters. The van der Waals surface area contributed by atoms with Gasteiger partial charge in [0.25, 0.3) is 0 Å². The predicted molar refractivity (Wildman–Crippen MR) is 82.0 cm³/mol. The first-order valence-electron chi connectivity index (χ1n) is 6.95. The van der Waals surface area contributed by atoms with Gasteiger partial charge in [-0.05, 0) is 42.3 Å². The topological polar surface area (TPSA) is 46.3 Å². The van der Waals surface area contributed by atoms with Crippen LogP contribution in [0.2, 0.25) is 0 Å². The monoisotopic (exact) mass is 286 g/mol. The molecule has 1 amide bonds. The minimum atomic E-state index is -0.283. The summed E-state index contributed by atoms with van der Waals surface area (Å²) in [6.07, 6.45) is 0.323. The largest absolute Gasteiger partial charge is 0.399 e. The lowest BCUT2D eigenvalue weighted by Gasteiger charge is -2.21. The number of nitrogens with two attached hydrogens (primary N) is 1. The molecule has 0 bridgehead atoms. The summed E-state index contributed by atoms with van der Waals surface area (Å²) < 4.78 is 13.2. The summed E-state index contributed by atoms with van der Waals surface area (Å²) >= 11 is 0. The van der Waals surface area contributed by atoms with E-state index in [4.69, 9.17) is 5.73 Å². The zero-order chi connectivity index (χ0) is 15.2. The molecule has 0 heterocycles. The fourth-order valence-corrected chi connectivity index (χ4v) is 2.15. The molecular formula is C17H19FN2O. The van der Waals surface area contributed by atoms with E-state index in [1.165, 1.54) is 12.1 Å². The maximum atomic E-state index is 13.2. The number of carbonyl (C=O) groups is 1. The van der Waals surface area contributed by atoms with E-state index in [-0.39, 0.29) is 11.7 Å². The Morgan fingerprint density at radius 2 is 1.86 bits per heavy atom. The van der Waals surface area contributed by atoms with Gasteiger partial charge in [-0.1, -0.05) is 24.3 Å². The summed E-state index contributed by atoms with van der Waals surface area (Å²) in [7, 11) is 0. The highest BCUT2D eigenvalue weighted by atomic mass is 19.1. The molecule has 0 aromatic heterocycles. The molecule has 2 N–H and O–H groups in total. The molecule has 0 unspecified atom stereocenters. The maximum Gasteiger partial charge on any atom is 0.227 e. The third-order valence-corrected chi connectivity index (χ3v) is 3.33. The maximum absolute atomic E-state index is 13.2. The lowest BCUT2D eigenvalue weighted by Crippen LogP contribution is -2.31. The summed E-state index contributed by atoms with van der Waals surface area (Å²) in [5.41, 5.74) is 8.02. The van der Waals surface area contributed by atoms with Gasteiger partial charge >= 0.3 is 0 Å². The molecule has 2 aromatic carbocycles. The Balaban J connectivity index is 2.03. The standard InChI is InChI=1S/C17H19FN2O/c1-2-20(12-14-4-3-5-15(18)10-14)17(21)11-13-6-8-16(19)9-7-13/h3-10H,2,11-12,19H2,1H3. The van der Waals surface area contributed by atoms with E-state index in [0.29, 0.717) is 25.2 Å². The molecule has 0 aliphatic carbocycles. The number of carbonyl (C=O) groups excluding carboxylic acids is 1. The van der Waals surface area contributed by atoms with Crippen molar-refractivity contribution in [2.24, 2.45) is 0 Å². The van der Waals surface area contributed by atoms with Crippen LogP contribution in [0, 0.1) is 5.82 Å². The molecule has 0 radical (unpaired) electrons. The Morgan fingerprint density at radius 3 is 2.48 bits per heavy atom. The van der Waals surface area contributed by atoms with Crippen molar-refractivity contribution in [2.45, 2.75) is 19.9 Å². The number of nitrogens with zero attached hydrogens (tertiary/aromatic N) is 1. The van der Waals surface area contributed by atoms with E-state index in [1.54, 1.807) is 23.1 Å². The van der Waals surface area contributed by atoms with E-state index < -0.39 is 0 Å². The SMILES string of the molecule is CCN(Cc1cccc(F)c1)C(=O)Cc1ccc(N)cc1. The van der Waals surface area contributed by atoms with Crippen LogP contribution in [0.5, 0.6) is 0 Å². The first kappa shape index (κ1) is 15.0. The first-order valence-corrected chi connectivity index (χ1v) is 6.95. The van der Waals surface area contributed by atoms with Crippen molar-refractivity contribution >= 4 is 11.6 Å². The van der Waals surface area contributed by atoms with E-state index in [0.717, 1.165) is 11.1 Å². The smallest absolute Gasteiger partial charge is 0.227 e. The van der Waals surface area contributed by atoms with Gasteiger partial charge in [-0.15, -0.1) is 0 Å². The second kappa shape index (κ2) is 6.88. The molecule has 21 heavy (non-hydrogen) atoms. The fourth-order valence-electron chi connectivity index (χ4n) is 2.15. The van der Waals surface area contributed by atoms with Gasteiger partial charge in [-0.3, -0.25) is 4.79 Å². The van der Waals surface area contributed by atoms with Crippen molar-refractivity contribution in [2.75, 3.05) is 12.3 Å². The van der Waals surface area contributed by atoms with E-state index >= 15 is 0 Å². The first-order chi connectivity index (χ1) is 10.1. The van der Waals surface area contributed by atoms with Crippen LogP contribution in [0.1, 0.15) is 18.1 Å². The highest BCUT2D eigenvalue weighted by Crippen LogP contribution is 2.11. The number of amides is 1. The van der Waals surface area contributed by atoms with Gasteiger partial charge in [-0.25, -0.2) is 4.39 Å². The van der Waals surface area contributed by atoms with E-state index in [2.05, 4.69) is 0 Å². The van der Waals surface area contributed by atoms with E-state index in [1.807, 2.05) is 25.1 Å². The Hall–Kier alpha value is -2.36. The normalized spacial score (nSPS) is 10.4. The summed E-state index contributed by atoms with van der Waals surface area (Å²) in [6.45, 7) is 2.92. The van der Waals surface area contributed by atoms with Crippen LogP contribution in [-0.2, 0) is 17.8 Å². The molecule has 0 fully saturated rings. The number of benzene rings is 2. The molecule has 0 aliphatic rings. The molecular weight excluding hydrogens is 267 g/mol. The number of likely N-dealkylation sites (N-methyl/N-ethyl adjacent to an activating group) is 1. The van der Waals surface area contributed by atoms with Crippen molar-refractivity contribution in [3.8, 4) is 0 Å². The molecule has 2 aromatic rings. The number of hydrogen-bond donors (Lipinski definition) is 1. The Labute approximate surface area is 124 Å². The van der Waals surface area contributed by atoms with Crippen LogP contribution in [0.15, 0.2) is 48.5 Å². The van der Waals surface area contributed by atoms with E-state index in [9.17, 15) is 9.18 Å². The number of anilines is 1. The minimum absolute atomic E-state index is 0.0199. The Morgan fingerprint density at radius 1 is 1.14 bits per heavy atom. The number of halogens is 1.